The van der Waals surface area contributed by atoms with Crippen molar-refractivity contribution in [1.82, 2.24) is 15.3 Å². The minimum atomic E-state index is -0.172. The molecule has 1 saturated carbocycles. The summed E-state index contributed by atoms with van der Waals surface area (Å²) in [6.45, 7) is 0. The van der Waals surface area contributed by atoms with Crippen molar-refractivity contribution in [2.45, 2.75) is 31.7 Å². The first-order valence-corrected chi connectivity index (χ1v) is 7.65. The zero-order chi connectivity index (χ0) is 16.1. The molecule has 0 radical (unpaired) electrons. The minimum absolute atomic E-state index is 0.172. The van der Waals surface area contributed by atoms with Crippen LogP contribution in [-0.2, 0) is 0 Å². The van der Waals surface area contributed by atoms with Gasteiger partial charge >= 0.3 is 0 Å². The Bertz CT molecular complexity index is 712. The Morgan fingerprint density at radius 3 is 2.48 bits per heavy atom. The summed E-state index contributed by atoms with van der Waals surface area (Å²) in [5.41, 5.74) is 1.73. The third kappa shape index (κ3) is 3.83. The summed E-state index contributed by atoms with van der Waals surface area (Å²) in [4.78, 5) is 20.5. The highest BCUT2D eigenvalue weighted by atomic mass is 16.1. The monoisotopic (exact) mass is 307 g/mol. The van der Waals surface area contributed by atoms with Crippen LogP contribution in [-0.4, -0.2) is 21.9 Å². The van der Waals surface area contributed by atoms with Crippen molar-refractivity contribution in [2.75, 3.05) is 5.32 Å². The second-order valence-electron chi connectivity index (χ2n) is 5.56. The lowest BCUT2D eigenvalue weighted by Crippen LogP contribution is -2.33. The van der Waals surface area contributed by atoms with Crippen molar-refractivity contribution in [3.8, 4) is 6.07 Å². The first-order chi connectivity index (χ1) is 11.2. The highest BCUT2D eigenvalue weighted by Crippen LogP contribution is 2.18. The van der Waals surface area contributed by atoms with E-state index < -0.39 is 0 Å². The SMILES string of the molecule is N#Cc1ccc(Nc2cnc(C(=O)NC3CCCC3)cn2)cc1. The van der Waals surface area contributed by atoms with Crippen LogP contribution in [0.15, 0.2) is 36.7 Å². The smallest absolute Gasteiger partial charge is 0.271 e. The summed E-state index contributed by atoms with van der Waals surface area (Å²) in [7, 11) is 0. The number of nitrogens with zero attached hydrogens (tertiary/aromatic N) is 3. The van der Waals surface area contributed by atoms with E-state index in [9.17, 15) is 4.79 Å². The number of hydrogen-bond acceptors (Lipinski definition) is 5. The van der Waals surface area contributed by atoms with E-state index in [0.717, 1.165) is 18.5 Å². The fourth-order valence-electron chi connectivity index (χ4n) is 2.62. The Balaban J connectivity index is 1.61. The Hall–Kier alpha value is -2.94. The van der Waals surface area contributed by atoms with Crippen LogP contribution in [0, 0.1) is 11.3 Å². The predicted octanol–water partition coefficient (Wildman–Crippen LogP) is 2.76. The summed E-state index contributed by atoms with van der Waals surface area (Å²) in [5.74, 6) is 0.376. The zero-order valence-corrected chi connectivity index (χ0v) is 12.6. The maximum absolute atomic E-state index is 12.1. The zero-order valence-electron chi connectivity index (χ0n) is 12.6. The van der Waals surface area contributed by atoms with Crippen LogP contribution in [0.1, 0.15) is 41.7 Å². The standard InChI is InChI=1S/C17H17N5O/c18-9-12-5-7-14(8-6-12)21-16-11-19-15(10-20-16)17(23)22-13-3-1-2-4-13/h5-8,10-11,13H,1-4H2,(H,20,21)(H,22,23). The number of hydrogen-bond donors (Lipinski definition) is 2. The van der Waals surface area contributed by atoms with Gasteiger partial charge in [0.25, 0.3) is 5.91 Å². The van der Waals surface area contributed by atoms with Gasteiger partial charge in [0.05, 0.1) is 24.0 Å². The third-order valence-electron chi connectivity index (χ3n) is 3.86. The van der Waals surface area contributed by atoms with Crippen LogP contribution in [0.3, 0.4) is 0 Å². The highest BCUT2D eigenvalue weighted by molar-refractivity contribution is 5.92. The number of amides is 1. The molecule has 0 bridgehead atoms. The number of carbonyl (C=O) groups excluding carboxylic acids is 1. The van der Waals surface area contributed by atoms with E-state index in [-0.39, 0.29) is 11.9 Å². The van der Waals surface area contributed by atoms with Crippen LogP contribution >= 0.6 is 0 Å². The van der Waals surface area contributed by atoms with Gasteiger partial charge in [0.15, 0.2) is 0 Å². The molecule has 0 spiro atoms. The summed E-state index contributed by atoms with van der Waals surface area (Å²) in [5, 5.41) is 14.8. The summed E-state index contributed by atoms with van der Waals surface area (Å²) in [6, 6.07) is 9.36. The number of benzene rings is 1. The number of nitriles is 1. The minimum Gasteiger partial charge on any atom is -0.348 e. The molecule has 1 heterocycles. The predicted molar refractivity (Wildman–Crippen MR) is 86.2 cm³/mol. The first-order valence-electron chi connectivity index (χ1n) is 7.65. The Morgan fingerprint density at radius 2 is 1.87 bits per heavy atom. The molecule has 23 heavy (non-hydrogen) atoms. The number of aromatic nitrogens is 2. The average molecular weight is 307 g/mol. The number of anilines is 2. The molecule has 2 aromatic rings. The normalized spacial score (nSPS) is 14.2. The lowest BCUT2D eigenvalue weighted by molar-refractivity contribution is 0.0932. The molecule has 1 aromatic heterocycles. The van der Waals surface area contributed by atoms with Crippen LogP contribution in [0.2, 0.25) is 0 Å². The maximum Gasteiger partial charge on any atom is 0.271 e. The van der Waals surface area contributed by atoms with Crippen LogP contribution in [0.25, 0.3) is 0 Å². The molecule has 1 amide bonds. The quantitative estimate of drug-likeness (QED) is 0.906. The number of rotatable bonds is 4. The van der Waals surface area contributed by atoms with E-state index in [1.807, 2.05) is 0 Å². The molecule has 1 aliphatic rings. The maximum atomic E-state index is 12.1. The molecule has 1 fully saturated rings. The molecule has 116 valence electrons. The molecule has 0 atom stereocenters. The number of nitrogens with one attached hydrogen (secondary N) is 2. The fourth-order valence-corrected chi connectivity index (χ4v) is 2.62. The van der Waals surface area contributed by atoms with E-state index in [1.165, 1.54) is 25.2 Å². The summed E-state index contributed by atoms with van der Waals surface area (Å²) < 4.78 is 0. The topological polar surface area (TPSA) is 90.7 Å². The van der Waals surface area contributed by atoms with Gasteiger partial charge in [0.2, 0.25) is 0 Å². The molecular weight excluding hydrogens is 290 g/mol. The van der Waals surface area contributed by atoms with Gasteiger partial charge in [-0.3, -0.25) is 4.79 Å². The van der Waals surface area contributed by atoms with E-state index >= 15 is 0 Å². The number of carbonyl (C=O) groups is 1. The van der Waals surface area contributed by atoms with Gasteiger partial charge in [0, 0.05) is 11.7 Å². The molecule has 0 unspecified atom stereocenters. The average Bonchev–Trinajstić information content (AvgIpc) is 3.09. The summed E-state index contributed by atoms with van der Waals surface area (Å²) in [6.07, 6.45) is 7.42. The highest BCUT2D eigenvalue weighted by Gasteiger charge is 2.18. The van der Waals surface area contributed by atoms with Gasteiger partial charge in [-0.2, -0.15) is 5.26 Å². The van der Waals surface area contributed by atoms with E-state index in [1.54, 1.807) is 24.3 Å². The molecule has 1 aliphatic carbocycles. The van der Waals surface area contributed by atoms with E-state index in [0.29, 0.717) is 17.1 Å². The lowest BCUT2D eigenvalue weighted by atomic mass is 10.2. The second kappa shape index (κ2) is 6.88. The van der Waals surface area contributed by atoms with Crippen molar-refractivity contribution in [2.24, 2.45) is 0 Å². The van der Waals surface area contributed by atoms with Crippen molar-refractivity contribution < 1.29 is 4.79 Å². The lowest BCUT2D eigenvalue weighted by Gasteiger charge is -2.11. The van der Waals surface area contributed by atoms with Gasteiger partial charge in [-0.15, -0.1) is 0 Å². The second-order valence-corrected chi connectivity index (χ2v) is 5.56. The van der Waals surface area contributed by atoms with Gasteiger partial charge in [-0.1, -0.05) is 12.8 Å². The van der Waals surface area contributed by atoms with Crippen molar-refractivity contribution >= 4 is 17.4 Å². The van der Waals surface area contributed by atoms with Gasteiger partial charge in [-0.25, -0.2) is 9.97 Å². The van der Waals surface area contributed by atoms with Crippen molar-refractivity contribution in [3.63, 3.8) is 0 Å². The molecular formula is C17H17N5O. The molecule has 3 rings (SSSR count). The first kappa shape index (κ1) is 15.0. The van der Waals surface area contributed by atoms with Crippen molar-refractivity contribution in [1.29, 1.82) is 5.26 Å². The van der Waals surface area contributed by atoms with E-state index in [2.05, 4.69) is 26.7 Å². The molecule has 6 heteroatoms. The van der Waals surface area contributed by atoms with Crippen LogP contribution in [0.4, 0.5) is 11.5 Å². The molecule has 2 N–H and O–H groups in total. The van der Waals surface area contributed by atoms with Crippen molar-refractivity contribution in [3.05, 3.63) is 47.9 Å². The molecule has 0 saturated heterocycles. The molecule has 0 aliphatic heterocycles. The molecule has 6 nitrogen and oxygen atoms in total. The van der Waals surface area contributed by atoms with Gasteiger partial charge in [-0.05, 0) is 37.1 Å². The summed E-state index contributed by atoms with van der Waals surface area (Å²) >= 11 is 0. The molecule has 1 aromatic carbocycles. The Labute approximate surface area is 134 Å². The van der Waals surface area contributed by atoms with Crippen LogP contribution < -0.4 is 10.6 Å². The third-order valence-corrected chi connectivity index (χ3v) is 3.86. The Morgan fingerprint density at radius 1 is 1.13 bits per heavy atom. The Kier molecular flexibility index (Phi) is 4.48. The fraction of sp³-hybridized carbons (Fsp3) is 0.294. The van der Waals surface area contributed by atoms with Gasteiger partial charge < -0.3 is 10.6 Å². The largest absolute Gasteiger partial charge is 0.348 e. The van der Waals surface area contributed by atoms with Gasteiger partial charge in [0.1, 0.15) is 11.5 Å². The van der Waals surface area contributed by atoms with E-state index in [4.69, 9.17) is 5.26 Å². The van der Waals surface area contributed by atoms with Crippen LogP contribution in [0.5, 0.6) is 0 Å².